The number of nitrogens with zero attached hydrogens (tertiary/aromatic N) is 6. The Labute approximate surface area is 335 Å². The zero-order chi connectivity index (χ0) is 40.7. The molecular formula is C44H58N8O5. The number of hydrogen-bond acceptors (Lipinski definition) is 11. The molecule has 57 heavy (non-hydrogen) atoms. The van der Waals surface area contributed by atoms with E-state index in [9.17, 15) is 19.2 Å². The maximum absolute atomic E-state index is 13.4. The van der Waals surface area contributed by atoms with E-state index in [0.717, 1.165) is 94.6 Å². The van der Waals surface area contributed by atoms with Crippen LogP contribution in [0, 0.1) is 6.92 Å². The third-order valence-corrected chi connectivity index (χ3v) is 12.0. The molecule has 304 valence electrons. The Kier molecular flexibility index (Phi) is 13.5. The molecule has 0 bridgehead atoms. The number of piperidine rings is 2. The van der Waals surface area contributed by atoms with Crippen LogP contribution in [-0.4, -0.2) is 88.5 Å². The molecule has 4 aromatic rings. The molecular weight excluding hydrogens is 721 g/mol. The number of hydrogen-bond donors (Lipinski definition) is 2. The van der Waals surface area contributed by atoms with Crippen LogP contribution >= 0.6 is 0 Å². The number of imide groups is 1. The minimum Gasteiger partial charge on any atom is -0.378 e. The van der Waals surface area contributed by atoms with E-state index in [4.69, 9.17) is 9.72 Å². The number of nitrogens with one attached hydrogen (secondary N) is 2. The Morgan fingerprint density at radius 1 is 0.912 bits per heavy atom. The number of carbonyl (C=O) groups is 3. The number of morpholine rings is 1. The number of anilines is 3. The van der Waals surface area contributed by atoms with Crippen molar-refractivity contribution in [1.82, 2.24) is 29.7 Å². The fourth-order valence-corrected chi connectivity index (χ4v) is 8.43. The first-order valence-corrected chi connectivity index (χ1v) is 20.6. The number of pyridine rings is 2. The van der Waals surface area contributed by atoms with Crippen LogP contribution < -0.4 is 21.1 Å². The molecule has 13 nitrogen and oxygen atoms in total. The number of amides is 2. The Morgan fingerprint density at radius 2 is 1.60 bits per heavy atom. The summed E-state index contributed by atoms with van der Waals surface area (Å²) in [6.07, 6.45) is 10.9. The van der Waals surface area contributed by atoms with Gasteiger partial charge < -0.3 is 19.9 Å². The second-order valence-electron chi connectivity index (χ2n) is 15.6. The van der Waals surface area contributed by atoms with Crippen molar-refractivity contribution < 1.29 is 19.1 Å². The summed E-state index contributed by atoms with van der Waals surface area (Å²) >= 11 is 0. The zero-order valence-corrected chi connectivity index (χ0v) is 34.4. The van der Waals surface area contributed by atoms with Gasteiger partial charge in [0.05, 0.1) is 24.2 Å². The zero-order valence-electron chi connectivity index (χ0n) is 34.4. The monoisotopic (exact) mass is 778 g/mol. The molecule has 2 N–H and O–H groups in total. The van der Waals surface area contributed by atoms with Gasteiger partial charge in [-0.25, -0.2) is 9.97 Å². The molecule has 2 amide bonds. The van der Waals surface area contributed by atoms with Crippen molar-refractivity contribution in [2.45, 2.75) is 103 Å². The normalized spacial score (nSPS) is 20.6. The SMILES string of the molecule is CC.CC(=O)c1c(C)c2cnc(Nc3ccc(C4CCN(C)CC4)cn3)nc2n(C2CCCC2)c1=O.CC1(c2ccc(N3CCOCC3)cc2)CCC(=O)NC1=O. The number of aromatic nitrogens is 4. The average Bonchev–Trinajstić information content (AvgIpc) is 3.76. The summed E-state index contributed by atoms with van der Waals surface area (Å²) in [6, 6.07) is 12.3. The number of aryl methyl sites for hydroxylation is 1. The minimum atomic E-state index is -0.614. The summed E-state index contributed by atoms with van der Waals surface area (Å²) < 4.78 is 7.09. The summed E-state index contributed by atoms with van der Waals surface area (Å²) in [5.74, 6) is 1.03. The Bertz CT molecular complexity index is 2100. The fourth-order valence-electron chi connectivity index (χ4n) is 8.43. The third-order valence-electron chi connectivity index (χ3n) is 12.0. The van der Waals surface area contributed by atoms with Crippen LogP contribution in [0.15, 0.2) is 53.6 Å². The number of likely N-dealkylation sites (tertiary alicyclic amines) is 1. The van der Waals surface area contributed by atoms with E-state index < -0.39 is 5.41 Å². The lowest BCUT2D eigenvalue weighted by atomic mass is 9.75. The molecule has 8 rings (SSSR count). The van der Waals surface area contributed by atoms with Crippen molar-refractivity contribution in [3.05, 3.63) is 81.4 Å². The quantitative estimate of drug-likeness (QED) is 0.154. The van der Waals surface area contributed by atoms with E-state index in [1.54, 1.807) is 17.7 Å². The molecule has 1 atom stereocenters. The van der Waals surface area contributed by atoms with Crippen LogP contribution in [0.25, 0.3) is 11.0 Å². The predicted molar refractivity (Wildman–Crippen MR) is 224 cm³/mol. The third kappa shape index (κ3) is 9.26. The van der Waals surface area contributed by atoms with Crippen LogP contribution in [0.1, 0.15) is 118 Å². The molecule has 4 aliphatic rings. The van der Waals surface area contributed by atoms with Gasteiger partial charge in [-0.05, 0) is 114 Å². The number of fused-ring (bicyclic) bond motifs is 1. The molecule has 3 aliphatic heterocycles. The predicted octanol–water partition coefficient (Wildman–Crippen LogP) is 6.61. The van der Waals surface area contributed by atoms with Gasteiger partial charge in [0.2, 0.25) is 17.8 Å². The number of rotatable bonds is 7. The largest absolute Gasteiger partial charge is 0.378 e. The van der Waals surface area contributed by atoms with Crippen LogP contribution in [0.2, 0.25) is 0 Å². The van der Waals surface area contributed by atoms with Crippen LogP contribution in [-0.2, 0) is 19.7 Å². The van der Waals surface area contributed by atoms with Gasteiger partial charge in [0.25, 0.3) is 5.56 Å². The van der Waals surface area contributed by atoms with E-state index in [0.29, 0.717) is 41.7 Å². The van der Waals surface area contributed by atoms with Crippen molar-refractivity contribution in [2.24, 2.45) is 0 Å². The summed E-state index contributed by atoms with van der Waals surface area (Å²) in [6.45, 7) is 14.7. The number of ketones is 1. The fraction of sp³-hybridized carbons (Fsp3) is 0.523. The van der Waals surface area contributed by atoms with Gasteiger partial charge >= 0.3 is 0 Å². The smallest absolute Gasteiger partial charge is 0.263 e. The van der Waals surface area contributed by atoms with E-state index in [-0.39, 0.29) is 34.8 Å². The van der Waals surface area contributed by atoms with E-state index >= 15 is 0 Å². The molecule has 3 aromatic heterocycles. The summed E-state index contributed by atoms with van der Waals surface area (Å²) in [5.41, 5.74) is 4.00. The number of benzene rings is 1. The second-order valence-corrected chi connectivity index (χ2v) is 15.6. The molecule has 0 radical (unpaired) electrons. The van der Waals surface area contributed by atoms with Gasteiger partial charge in [0.15, 0.2) is 5.78 Å². The maximum Gasteiger partial charge on any atom is 0.263 e. The van der Waals surface area contributed by atoms with E-state index in [1.807, 2.05) is 45.2 Å². The minimum absolute atomic E-state index is 0.0587. The lowest BCUT2D eigenvalue weighted by molar-refractivity contribution is -0.137. The molecule has 1 aromatic carbocycles. The van der Waals surface area contributed by atoms with Crippen molar-refractivity contribution in [3.8, 4) is 0 Å². The van der Waals surface area contributed by atoms with E-state index in [1.165, 1.54) is 12.5 Å². The lowest BCUT2D eigenvalue weighted by Crippen LogP contribution is -2.49. The average molecular weight is 779 g/mol. The Morgan fingerprint density at radius 3 is 2.21 bits per heavy atom. The van der Waals surface area contributed by atoms with Crippen molar-refractivity contribution >= 4 is 46.1 Å². The highest BCUT2D eigenvalue weighted by Gasteiger charge is 2.40. The molecule has 0 spiro atoms. The van der Waals surface area contributed by atoms with Crippen molar-refractivity contribution in [2.75, 3.05) is 56.7 Å². The molecule has 4 fully saturated rings. The first-order chi connectivity index (χ1) is 27.5. The Balaban J connectivity index is 0.000000205. The van der Waals surface area contributed by atoms with E-state index in [2.05, 4.69) is 55.6 Å². The maximum atomic E-state index is 13.4. The second kappa shape index (κ2) is 18.5. The summed E-state index contributed by atoms with van der Waals surface area (Å²) in [5, 5.41) is 6.39. The standard InChI is InChI=1S/C26H32N6O2.C16H20N2O3.C2H6/c1-16-21-15-28-26(29-22-9-8-19(14-27-22)18-10-12-31(3)13-11-18)30-24(21)32(20-6-4-5-7-20)25(34)23(16)17(2)33;1-16(7-6-14(19)17-15(16)20)12-2-4-13(5-3-12)18-8-10-21-11-9-18;1-2/h8-9,14-15,18,20H,4-7,10-13H2,1-3H3,(H,27,28,29,30);2-5H,6-11H2,1H3,(H,17,19,20);1-2H3. The lowest BCUT2D eigenvalue weighted by Gasteiger charge is -2.33. The van der Waals surface area contributed by atoms with Gasteiger partial charge in [-0.1, -0.05) is 44.9 Å². The molecule has 3 saturated heterocycles. The highest BCUT2D eigenvalue weighted by Crippen LogP contribution is 2.34. The van der Waals surface area contributed by atoms with Gasteiger partial charge in [0, 0.05) is 49.0 Å². The highest BCUT2D eigenvalue weighted by molar-refractivity contribution is 6.03. The van der Waals surface area contributed by atoms with Gasteiger partial charge in [-0.15, -0.1) is 0 Å². The van der Waals surface area contributed by atoms with Crippen LogP contribution in [0.4, 0.5) is 17.5 Å². The number of ether oxygens (including phenoxy) is 1. The number of Topliss-reactive ketones (excluding diaryl/α,β-unsaturated/α-hetero) is 1. The van der Waals surface area contributed by atoms with Gasteiger partial charge in [0.1, 0.15) is 11.5 Å². The summed E-state index contributed by atoms with van der Waals surface area (Å²) in [4.78, 5) is 67.6. The number of carbonyl (C=O) groups excluding carboxylic acids is 3. The molecule has 6 heterocycles. The van der Waals surface area contributed by atoms with Crippen LogP contribution in [0.3, 0.4) is 0 Å². The first kappa shape index (κ1) is 41.6. The molecule has 13 heteroatoms. The first-order valence-electron chi connectivity index (χ1n) is 20.6. The highest BCUT2D eigenvalue weighted by atomic mass is 16.5. The molecule has 1 saturated carbocycles. The summed E-state index contributed by atoms with van der Waals surface area (Å²) in [7, 11) is 2.17. The molecule has 1 aliphatic carbocycles. The Hall–Kier alpha value is -5.01. The van der Waals surface area contributed by atoms with Crippen molar-refractivity contribution in [1.29, 1.82) is 0 Å². The van der Waals surface area contributed by atoms with Gasteiger partial charge in [-0.3, -0.25) is 29.1 Å². The topological polar surface area (TPSA) is 152 Å². The van der Waals surface area contributed by atoms with Crippen molar-refractivity contribution in [3.63, 3.8) is 0 Å². The molecule has 1 unspecified atom stereocenters. The van der Waals surface area contributed by atoms with Crippen LogP contribution in [0.5, 0.6) is 0 Å². The van der Waals surface area contributed by atoms with Gasteiger partial charge in [-0.2, -0.15) is 4.98 Å².